The van der Waals surface area contributed by atoms with E-state index < -0.39 is 17.4 Å². The Morgan fingerprint density at radius 3 is 2.39 bits per heavy atom. The highest BCUT2D eigenvalue weighted by Crippen LogP contribution is 2.46. The van der Waals surface area contributed by atoms with Gasteiger partial charge in [0.2, 0.25) is 5.91 Å². The number of likely N-dealkylation sites (N-methyl/N-ethyl adjacent to an activating group) is 1. The number of carbonyl (C=O) groups excluding carboxylic acids is 3. The third-order valence-electron chi connectivity index (χ3n) is 4.98. The Labute approximate surface area is 166 Å². The van der Waals surface area contributed by atoms with Gasteiger partial charge in [-0.2, -0.15) is 0 Å². The Balaban J connectivity index is 2.01. The molecule has 1 aromatic carbocycles. The van der Waals surface area contributed by atoms with Gasteiger partial charge in [0.25, 0.3) is 0 Å². The Morgan fingerprint density at radius 1 is 1.21 bits per heavy atom. The van der Waals surface area contributed by atoms with Crippen LogP contribution in [-0.2, 0) is 24.5 Å². The van der Waals surface area contributed by atoms with Crippen molar-refractivity contribution in [3.8, 4) is 0 Å². The molecule has 2 rings (SSSR count). The van der Waals surface area contributed by atoms with Crippen LogP contribution >= 0.6 is 0 Å². The van der Waals surface area contributed by atoms with Crippen molar-refractivity contribution in [3.05, 3.63) is 41.6 Å². The molecule has 0 spiro atoms. The summed E-state index contributed by atoms with van der Waals surface area (Å²) in [6.07, 6.45) is 1.53. The Kier molecular flexibility index (Phi) is 6.02. The third-order valence-corrected chi connectivity index (χ3v) is 4.98. The normalized spacial score (nSPS) is 17.8. The van der Waals surface area contributed by atoms with Gasteiger partial charge in [0.15, 0.2) is 12.4 Å². The molecular weight excluding hydrogens is 356 g/mol. The van der Waals surface area contributed by atoms with E-state index in [-0.39, 0.29) is 23.7 Å². The van der Waals surface area contributed by atoms with E-state index in [0.717, 1.165) is 16.9 Å². The zero-order valence-electron chi connectivity index (χ0n) is 17.8. The van der Waals surface area contributed by atoms with E-state index in [2.05, 4.69) is 25.2 Å². The molecule has 0 saturated carbocycles. The molecule has 0 radical (unpaired) electrons. The number of fused-ring (bicyclic) bond motifs is 1. The first-order valence-electron chi connectivity index (χ1n) is 9.41. The van der Waals surface area contributed by atoms with Crippen LogP contribution in [0.2, 0.25) is 0 Å². The second kappa shape index (κ2) is 7.78. The molecule has 0 saturated heterocycles. The number of ketones is 1. The number of para-hydroxylation sites is 1. The van der Waals surface area contributed by atoms with Crippen LogP contribution in [0, 0.1) is 5.41 Å². The number of hydrogen-bond donors (Lipinski definition) is 1. The molecule has 1 amide bonds. The van der Waals surface area contributed by atoms with Crippen LogP contribution in [-0.4, -0.2) is 37.4 Å². The van der Waals surface area contributed by atoms with Gasteiger partial charge < -0.3 is 15.0 Å². The van der Waals surface area contributed by atoms with Crippen molar-refractivity contribution in [1.29, 1.82) is 0 Å². The van der Waals surface area contributed by atoms with Crippen LogP contribution in [0.15, 0.2) is 36.0 Å². The second-order valence-corrected chi connectivity index (χ2v) is 8.75. The number of allylic oxidation sites excluding steroid dienone is 1. The molecule has 152 valence electrons. The molecule has 0 bridgehead atoms. The predicted octanol–water partition coefficient (Wildman–Crippen LogP) is 2.96. The summed E-state index contributed by atoms with van der Waals surface area (Å²) in [5.74, 6) is -1.19. The lowest BCUT2D eigenvalue weighted by Gasteiger charge is -2.24. The summed E-state index contributed by atoms with van der Waals surface area (Å²) in [6, 6.07) is 7.19. The van der Waals surface area contributed by atoms with E-state index in [1.165, 1.54) is 6.08 Å². The van der Waals surface area contributed by atoms with E-state index in [9.17, 15) is 14.4 Å². The number of ether oxygens (including phenoxy) is 1. The van der Waals surface area contributed by atoms with Crippen LogP contribution < -0.4 is 10.2 Å². The van der Waals surface area contributed by atoms with Crippen molar-refractivity contribution in [2.45, 2.75) is 53.0 Å². The molecule has 1 N–H and O–H groups in total. The fraction of sp³-hybridized carbons (Fsp3) is 0.500. The minimum absolute atomic E-state index is 0.252. The van der Waals surface area contributed by atoms with Crippen molar-refractivity contribution in [2.75, 3.05) is 18.6 Å². The monoisotopic (exact) mass is 386 g/mol. The maximum atomic E-state index is 12.4. The average Bonchev–Trinajstić information content (AvgIpc) is 2.80. The minimum atomic E-state index is -0.818. The van der Waals surface area contributed by atoms with Gasteiger partial charge >= 0.3 is 5.97 Å². The number of amides is 1. The number of carbonyl (C=O) groups is 3. The van der Waals surface area contributed by atoms with E-state index in [1.807, 2.05) is 30.1 Å². The van der Waals surface area contributed by atoms with Gasteiger partial charge in [-0.05, 0) is 18.6 Å². The minimum Gasteiger partial charge on any atom is -0.456 e. The number of benzene rings is 1. The number of anilines is 1. The number of hydrogen-bond acceptors (Lipinski definition) is 5. The number of nitrogens with zero attached hydrogens (tertiary/aromatic N) is 1. The highest BCUT2D eigenvalue weighted by Gasteiger charge is 2.38. The van der Waals surface area contributed by atoms with Gasteiger partial charge in [-0.25, -0.2) is 4.79 Å². The predicted molar refractivity (Wildman–Crippen MR) is 109 cm³/mol. The molecule has 0 aliphatic carbocycles. The molecule has 1 unspecified atom stereocenters. The van der Waals surface area contributed by atoms with Crippen LogP contribution in [0.1, 0.15) is 47.1 Å². The molecule has 1 aliphatic rings. The fourth-order valence-corrected chi connectivity index (χ4v) is 3.19. The van der Waals surface area contributed by atoms with E-state index in [4.69, 9.17) is 4.74 Å². The van der Waals surface area contributed by atoms with Gasteiger partial charge in [0.05, 0.1) is 0 Å². The molecule has 1 atom stereocenters. The molecule has 6 heteroatoms. The first-order chi connectivity index (χ1) is 12.9. The molecular formula is C22H30N2O4. The van der Waals surface area contributed by atoms with Crippen LogP contribution in [0.5, 0.6) is 0 Å². The standard InChI is InChI=1S/C22H30N2O4/c1-14(23-20(27)21(2,3)4)19(26)28-13-15(25)12-18-22(5,6)16-10-8-9-11-17(16)24(18)7/h8-12,14H,13H2,1-7H3,(H,23,27)/b18-12+. The van der Waals surface area contributed by atoms with Crippen LogP contribution in [0.3, 0.4) is 0 Å². The first-order valence-corrected chi connectivity index (χ1v) is 9.41. The Morgan fingerprint density at radius 2 is 1.82 bits per heavy atom. The summed E-state index contributed by atoms with van der Waals surface area (Å²) >= 11 is 0. The number of esters is 1. The van der Waals surface area contributed by atoms with E-state index >= 15 is 0 Å². The van der Waals surface area contributed by atoms with Gasteiger partial charge in [0.1, 0.15) is 6.04 Å². The topological polar surface area (TPSA) is 75.7 Å². The number of rotatable bonds is 5. The van der Waals surface area contributed by atoms with Crippen molar-refractivity contribution in [3.63, 3.8) is 0 Å². The zero-order valence-corrected chi connectivity index (χ0v) is 17.8. The quantitative estimate of drug-likeness (QED) is 0.622. The first kappa shape index (κ1) is 21.7. The average molecular weight is 386 g/mol. The van der Waals surface area contributed by atoms with Crippen molar-refractivity contribution >= 4 is 23.3 Å². The van der Waals surface area contributed by atoms with Gasteiger partial charge in [0, 0.05) is 35.3 Å². The van der Waals surface area contributed by atoms with Gasteiger partial charge in [-0.1, -0.05) is 52.8 Å². The van der Waals surface area contributed by atoms with Crippen molar-refractivity contribution in [2.24, 2.45) is 5.41 Å². The molecule has 1 aromatic rings. The highest BCUT2D eigenvalue weighted by atomic mass is 16.5. The van der Waals surface area contributed by atoms with Crippen LogP contribution in [0.4, 0.5) is 5.69 Å². The lowest BCUT2D eigenvalue weighted by atomic mass is 9.83. The van der Waals surface area contributed by atoms with Crippen LogP contribution in [0.25, 0.3) is 0 Å². The summed E-state index contributed by atoms with van der Waals surface area (Å²) in [4.78, 5) is 38.5. The molecule has 0 fully saturated rings. The van der Waals surface area contributed by atoms with E-state index in [1.54, 1.807) is 27.7 Å². The van der Waals surface area contributed by atoms with E-state index in [0.29, 0.717) is 0 Å². The van der Waals surface area contributed by atoms with Crippen molar-refractivity contribution in [1.82, 2.24) is 5.32 Å². The van der Waals surface area contributed by atoms with Gasteiger partial charge in [-0.3, -0.25) is 9.59 Å². The SMILES string of the molecule is CC(NC(=O)C(C)(C)C)C(=O)OCC(=O)/C=C1/N(C)c2ccccc2C1(C)C. The smallest absolute Gasteiger partial charge is 0.328 e. The fourth-order valence-electron chi connectivity index (χ4n) is 3.19. The molecule has 6 nitrogen and oxygen atoms in total. The van der Waals surface area contributed by atoms with Crippen molar-refractivity contribution < 1.29 is 19.1 Å². The third kappa shape index (κ3) is 4.43. The summed E-state index contributed by atoms with van der Waals surface area (Å²) in [5.41, 5.74) is 2.12. The Hall–Kier alpha value is -2.63. The Bertz CT molecular complexity index is 818. The summed E-state index contributed by atoms with van der Waals surface area (Å²) in [5, 5.41) is 2.60. The number of nitrogens with one attached hydrogen (secondary N) is 1. The zero-order chi connectivity index (χ0) is 21.3. The summed E-state index contributed by atoms with van der Waals surface area (Å²) in [6.45, 7) is 10.6. The molecule has 0 aromatic heterocycles. The summed E-state index contributed by atoms with van der Waals surface area (Å²) in [7, 11) is 1.92. The van der Waals surface area contributed by atoms with Gasteiger partial charge in [-0.15, -0.1) is 0 Å². The summed E-state index contributed by atoms with van der Waals surface area (Å²) < 4.78 is 5.10. The lowest BCUT2D eigenvalue weighted by Crippen LogP contribution is -2.45. The molecule has 1 aliphatic heterocycles. The largest absolute Gasteiger partial charge is 0.456 e. The lowest BCUT2D eigenvalue weighted by molar-refractivity contribution is -0.150. The highest BCUT2D eigenvalue weighted by molar-refractivity contribution is 5.95. The maximum absolute atomic E-state index is 12.4. The molecule has 28 heavy (non-hydrogen) atoms. The maximum Gasteiger partial charge on any atom is 0.328 e. The molecule has 1 heterocycles. The second-order valence-electron chi connectivity index (χ2n) is 8.75.